The predicted octanol–water partition coefficient (Wildman–Crippen LogP) is 6.20. The smallest absolute Gasteiger partial charge is 0.327 e. The third kappa shape index (κ3) is 9.89. The van der Waals surface area contributed by atoms with Gasteiger partial charge in [-0.05, 0) is 110 Å². The van der Waals surface area contributed by atoms with Crippen LogP contribution in [0, 0.1) is 6.92 Å². The molecule has 6 aromatic heterocycles. The molecule has 2 saturated heterocycles. The molecule has 0 atom stereocenters. The molecule has 0 radical (unpaired) electrons. The molecular weight excluding hydrogens is 841 g/mol. The van der Waals surface area contributed by atoms with E-state index in [-0.39, 0.29) is 23.6 Å². The van der Waals surface area contributed by atoms with E-state index in [0.29, 0.717) is 57.6 Å². The first-order valence-corrected chi connectivity index (χ1v) is 21.7. The van der Waals surface area contributed by atoms with E-state index in [1.54, 1.807) is 42.5 Å². The predicted molar refractivity (Wildman–Crippen MR) is 254 cm³/mol. The third-order valence-corrected chi connectivity index (χ3v) is 11.1. The van der Waals surface area contributed by atoms with Crippen molar-refractivity contribution < 1.29 is 19.0 Å². The lowest BCUT2D eigenvalue weighted by atomic mass is 10.1. The summed E-state index contributed by atoms with van der Waals surface area (Å²) in [5, 5.41) is 13.3. The number of fused-ring (bicyclic) bond motifs is 2. The van der Waals surface area contributed by atoms with Gasteiger partial charge in [0.25, 0.3) is 11.1 Å². The summed E-state index contributed by atoms with van der Waals surface area (Å²) in [5.74, 6) is 1.19. The first kappa shape index (κ1) is 43.3. The van der Waals surface area contributed by atoms with Crippen LogP contribution < -0.4 is 31.6 Å². The summed E-state index contributed by atoms with van der Waals surface area (Å²) < 4.78 is 17.5. The van der Waals surface area contributed by atoms with Gasteiger partial charge in [0.15, 0.2) is 0 Å². The monoisotopic (exact) mass is 888 g/mol. The minimum Gasteiger partial charge on any atom is -0.465 e. The number of aromatic nitrogens is 8. The second kappa shape index (κ2) is 19.8. The van der Waals surface area contributed by atoms with E-state index in [9.17, 15) is 14.4 Å². The summed E-state index contributed by atoms with van der Waals surface area (Å²) in [4.78, 5) is 65.5. The summed E-state index contributed by atoms with van der Waals surface area (Å²) in [6.45, 7) is 10.3. The lowest BCUT2D eigenvalue weighted by molar-refractivity contribution is -0.144. The number of aromatic amines is 2. The lowest BCUT2D eigenvalue weighted by Gasteiger charge is -2.28. The zero-order chi connectivity index (χ0) is 45.4. The van der Waals surface area contributed by atoms with Gasteiger partial charge in [0, 0.05) is 73.7 Å². The van der Waals surface area contributed by atoms with Gasteiger partial charge in [-0.3, -0.25) is 19.1 Å². The summed E-state index contributed by atoms with van der Waals surface area (Å²) in [6.07, 6.45) is 6.56. The number of pyridine rings is 4. The maximum absolute atomic E-state index is 12.7. The molecule has 0 bridgehead atoms. The molecule has 0 saturated carbocycles. The number of anilines is 6. The number of morpholine rings is 2. The van der Waals surface area contributed by atoms with Crippen molar-refractivity contribution >= 4 is 61.9 Å². The molecule has 0 unspecified atom stereocenters. The summed E-state index contributed by atoms with van der Waals surface area (Å²) in [7, 11) is 0. The van der Waals surface area contributed by atoms with Crippen LogP contribution in [0.25, 0.3) is 44.3 Å². The number of ether oxygens (including phenoxy) is 3. The standard InChI is InChI=1S/C25H26N6O4.C23H22N6O2/c1-2-35-22(32)16-31-21(8-10-27-31)20-15-17-7-9-26-25(33)23(17)24(29-20)28-18-3-5-19(6-4-18)30-11-13-34-14-12-30;1-15-24-9-7-19(26-15)20-14-16-6-8-25-23(30)21(16)22(28-20)27-17-2-4-18(5-3-17)29-10-12-31-13-11-29/h3-10,15H,2,11-14,16H2,1H3,(H,26,33)(H,28,29);2-9,14H,10-13H2,1H3,(H,25,30)(H,27,28). The highest BCUT2D eigenvalue weighted by Crippen LogP contribution is 2.30. The molecule has 0 aliphatic carbocycles. The van der Waals surface area contributed by atoms with Gasteiger partial charge >= 0.3 is 5.97 Å². The van der Waals surface area contributed by atoms with Crippen LogP contribution in [0.15, 0.2) is 119 Å². The minimum atomic E-state index is -0.381. The molecule has 4 N–H and O–H groups in total. The van der Waals surface area contributed by atoms with Crippen LogP contribution in [0.1, 0.15) is 12.7 Å². The SMILES string of the molecule is CCOC(=O)Cn1nccc1-c1cc2cc[nH]c(=O)c2c(Nc2ccc(N3CCOCC3)cc2)n1.Cc1nccc(-c2cc3cc[nH]c(=O)c3c(Nc3ccc(N4CCOCC4)cc3)n2)n1. The van der Waals surface area contributed by atoms with Crippen molar-refractivity contribution in [1.29, 1.82) is 0 Å². The van der Waals surface area contributed by atoms with Gasteiger partial charge in [0.05, 0.1) is 66.6 Å². The van der Waals surface area contributed by atoms with E-state index in [2.05, 4.69) is 57.6 Å². The first-order valence-electron chi connectivity index (χ1n) is 21.7. The van der Waals surface area contributed by atoms with E-state index < -0.39 is 0 Å². The summed E-state index contributed by atoms with van der Waals surface area (Å²) in [5.41, 5.74) is 6.10. The molecular formula is C48H48N12O6. The van der Waals surface area contributed by atoms with Crippen LogP contribution in [0.4, 0.5) is 34.4 Å². The Kier molecular flexibility index (Phi) is 13.0. The van der Waals surface area contributed by atoms with Crippen LogP contribution in [0.2, 0.25) is 0 Å². The number of esters is 1. The van der Waals surface area contributed by atoms with E-state index >= 15 is 0 Å². The maximum Gasteiger partial charge on any atom is 0.327 e. The normalized spacial score (nSPS) is 13.8. The molecule has 2 aromatic carbocycles. The maximum atomic E-state index is 12.7. The van der Waals surface area contributed by atoms with Crippen molar-refractivity contribution in [3.05, 3.63) is 136 Å². The van der Waals surface area contributed by atoms with Gasteiger partial charge in [-0.1, -0.05) is 0 Å². The zero-order valence-corrected chi connectivity index (χ0v) is 36.5. The number of rotatable bonds is 11. The molecule has 8 heterocycles. The first-order chi connectivity index (χ1) is 32.3. The average Bonchev–Trinajstić information content (AvgIpc) is 3.81. The number of H-pyrrole nitrogens is 2. The Morgan fingerprint density at radius 3 is 1.73 bits per heavy atom. The Morgan fingerprint density at radius 1 is 0.667 bits per heavy atom. The van der Waals surface area contributed by atoms with Crippen molar-refractivity contribution in [1.82, 2.24) is 39.7 Å². The van der Waals surface area contributed by atoms with Crippen LogP contribution in [-0.4, -0.2) is 105 Å². The second-order valence-corrected chi connectivity index (χ2v) is 15.5. The number of benzene rings is 2. The molecule has 8 aromatic rings. The Morgan fingerprint density at radius 2 is 1.20 bits per heavy atom. The van der Waals surface area contributed by atoms with Crippen molar-refractivity contribution in [3.8, 4) is 22.8 Å². The highest BCUT2D eigenvalue weighted by molar-refractivity contribution is 5.96. The molecule has 18 heteroatoms. The molecule has 10 rings (SSSR count). The third-order valence-electron chi connectivity index (χ3n) is 11.1. The van der Waals surface area contributed by atoms with Crippen LogP contribution in [-0.2, 0) is 25.5 Å². The van der Waals surface area contributed by atoms with Crippen molar-refractivity contribution in [2.24, 2.45) is 0 Å². The quantitative estimate of drug-likeness (QED) is 0.107. The largest absolute Gasteiger partial charge is 0.465 e. The van der Waals surface area contributed by atoms with E-state index in [1.165, 1.54) is 0 Å². The topological polar surface area (TPSA) is 210 Å². The fraction of sp³-hybridized carbons (Fsp3) is 0.250. The van der Waals surface area contributed by atoms with Crippen molar-refractivity contribution in [2.75, 3.05) is 79.6 Å². The molecule has 336 valence electrons. The van der Waals surface area contributed by atoms with E-state index in [4.69, 9.17) is 24.2 Å². The Bertz CT molecular complexity index is 3090. The zero-order valence-electron chi connectivity index (χ0n) is 36.5. The van der Waals surface area contributed by atoms with Crippen molar-refractivity contribution in [2.45, 2.75) is 20.4 Å². The van der Waals surface area contributed by atoms with E-state index in [1.807, 2.05) is 73.7 Å². The van der Waals surface area contributed by atoms with Crippen LogP contribution in [0.3, 0.4) is 0 Å². The molecule has 0 amide bonds. The fourth-order valence-corrected chi connectivity index (χ4v) is 7.90. The summed E-state index contributed by atoms with van der Waals surface area (Å²) >= 11 is 0. The number of hydrogen-bond acceptors (Lipinski definition) is 15. The van der Waals surface area contributed by atoms with Gasteiger partial charge in [-0.2, -0.15) is 5.10 Å². The molecule has 2 aliphatic heterocycles. The molecule has 2 aliphatic rings. The number of nitrogens with one attached hydrogen (secondary N) is 4. The van der Waals surface area contributed by atoms with Gasteiger partial charge in [-0.25, -0.2) is 19.9 Å². The van der Waals surface area contributed by atoms with Crippen LogP contribution in [0.5, 0.6) is 0 Å². The highest BCUT2D eigenvalue weighted by atomic mass is 16.5. The van der Waals surface area contributed by atoms with Gasteiger partial charge in [0.1, 0.15) is 24.0 Å². The second-order valence-electron chi connectivity index (χ2n) is 15.5. The number of carbonyl (C=O) groups is 1. The molecule has 18 nitrogen and oxygen atoms in total. The van der Waals surface area contributed by atoms with Crippen LogP contribution >= 0.6 is 0 Å². The molecule has 66 heavy (non-hydrogen) atoms. The molecule has 2 fully saturated rings. The molecule has 0 spiro atoms. The Balaban J connectivity index is 0.000000167. The average molecular weight is 889 g/mol. The number of carbonyl (C=O) groups excluding carboxylic acids is 1. The van der Waals surface area contributed by atoms with Crippen molar-refractivity contribution in [3.63, 3.8) is 0 Å². The Hall–Kier alpha value is -7.96. The highest BCUT2D eigenvalue weighted by Gasteiger charge is 2.18. The van der Waals surface area contributed by atoms with Gasteiger partial charge < -0.3 is 44.6 Å². The lowest BCUT2D eigenvalue weighted by Crippen LogP contribution is -2.36. The fourth-order valence-electron chi connectivity index (χ4n) is 7.90. The van der Waals surface area contributed by atoms with Gasteiger partial charge in [-0.15, -0.1) is 0 Å². The van der Waals surface area contributed by atoms with Gasteiger partial charge in [0.2, 0.25) is 0 Å². The number of hydrogen-bond donors (Lipinski definition) is 4. The number of nitrogens with zero attached hydrogens (tertiary/aromatic N) is 8. The minimum absolute atomic E-state index is 0.0307. The number of aryl methyl sites for hydroxylation is 1. The Labute approximate surface area is 378 Å². The summed E-state index contributed by atoms with van der Waals surface area (Å²) in [6, 6.07) is 27.1. The van der Waals surface area contributed by atoms with E-state index in [0.717, 1.165) is 86.1 Å².